The minimum absolute atomic E-state index is 0.137. The van der Waals surface area contributed by atoms with Crippen molar-refractivity contribution >= 4 is 11.6 Å². The zero-order valence-electron chi connectivity index (χ0n) is 11.9. The van der Waals surface area contributed by atoms with Crippen LogP contribution in [0.5, 0.6) is 0 Å². The Labute approximate surface area is 123 Å². The maximum absolute atomic E-state index is 13.9. The summed E-state index contributed by atoms with van der Waals surface area (Å²) in [7, 11) is 0. The number of anilines is 1. The molecule has 0 saturated heterocycles. The van der Waals surface area contributed by atoms with Crippen molar-refractivity contribution in [1.82, 2.24) is 4.90 Å². The first-order valence-corrected chi connectivity index (χ1v) is 7.09. The van der Waals surface area contributed by atoms with Gasteiger partial charge in [0.1, 0.15) is 5.82 Å². The molecule has 1 amide bonds. The fraction of sp³-hybridized carbons (Fsp3) is 0.235. The molecule has 0 bridgehead atoms. The van der Waals surface area contributed by atoms with Crippen molar-refractivity contribution in [2.75, 3.05) is 11.9 Å². The molecule has 108 valence electrons. The number of para-hydroxylation sites is 1. The molecule has 2 aromatic rings. The second-order valence-corrected chi connectivity index (χ2v) is 5.12. The summed E-state index contributed by atoms with van der Waals surface area (Å²) in [4.78, 5) is 14.4. The Morgan fingerprint density at radius 2 is 1.81 bits per heavy atom. The van der Waals surface area contributed by atoms with E-state index in [2.05, 4.69) is 5.32 Å². The maximum atomic E-state index is 13.9. The molecule has 2 aromatic carbocycles. The van der Waals surface area contributed by atoms with E-state index in [-0.39, 0.29) is 11.7 Å². The predicted octanol–water partition coefficient (Wildman–Crippen LogP) is 3.41. The number of rotatable bonds is 3. The summed E-state index contributed by atoms with van der Waals surface area (Å²) in [5.41, 5.74) is 3.00. The Hall–Kier alpha value is -2.36. The van der Waals surface area contributed by atoms with Crippen LogP contribution in [0.15, 0.2) is 42.5 Å². The van der Waals surface area contributed by atoms with Crippen LogP contribution >= 0.6 is 0 Å². The van der Waals surface area contributed by atoms with Crippen LogP contribution in [0.3, 0.4) is 0 Å². The molecule has 0 radical (unpaired) electrons. The van der Waals surface area contributed by atoms with Crippen molar-refractivity contribution in [2.45, 2.75) is 20.0 Å². The number of fused-ring (bicyclic) bond motifs is 1. The van der Waals surface area contributed by atoms with Gasteiger partial charge >= 0.3 is 0 Å². The minimum atomic E-state index is -0.389. The van der Waals surface area contributed by atoms with Crippen molar-refractivity contribution in [1.29, 1.82) is 0 Å². The maximum Gasteiger partial charge on any atom is 0.256 e. The van der Waals surface area contributed by atoms with Gasteiger partial charge in [-0.15, -0.1) is 0 Å². The van der Waals surface area contributed by atoms with Gasteiger partial charge in [-0.2, -0.15) is 0 Å². The zero-order valence-corrected chi connectivity index (χ0v) is 11.9. The van der Waals surface area contributed by atoms with Gasteiger partial charge in [-0.25, -0.2) is 4.39 Å². The van der Waals surface area contributed by atoms with Crippen LogP contribution in [-0.4, -0.2) is 17.4 Å². The summed E-state index contributed by atoms with van der Waals surface area (Å²) in [6, 6.07) is 12.6. The summed E-state index contributed by atoms with van der Waals surface area (Å²) in [5, 5.41) is 2.95. The van der Waals surface area contributed by atoms with Crippen LogP contribution in [-0.2, 0) is 13.1 Å². The molecule has 0 unspecified atom stereocenters. The van der Waals surface area contributed by atoms with E-state index in [1.54, 1.807) is 17.0 Å². The number of halogens is 1. The molecule has 0 fully saturated rings. The van der Waals surface area contributed by atoms with Crippen LogP contribution in [0.25, 0.3) is 0 Å². The highest BCUT2D eigenvalue weighted by molar-refractivity contribution is 6.00. The molecular formula is C17H17FN2O. The number of carbonyl (C=O) groups excluding carboxylic acids is 1. The Morgan fingerprint density at radius 1 is 1.14 bits per heavy atom. The Bertz CT molecular complexity index is 659. The summed E-state index contributed by atoms with van der Waals surface area (Å²) in [6.45, 7) is 3.61. The molecule has 0 aromatic heterocycles. The van der Waals surface area contributed by atoms with E-state index in [0.29, 0.717) is 30.9 Å². The minimum Gasteiger partial charge on any atom is -0.382 e. The molecular weight excluding hydrogens is 267 g/mol. The van der Waals surface area contributed by atoms with Crippen molar-refractivity contribution in [2.24, 2.45) is 0 Å². The lowest BCUT2D eigenvalue weighted by Gasteiger charge is -2.18. The molecule has 0 atom stereocenters. The normalized spacial score (nSPS) is 13.1. The van der Waals surface area contributed by atoms with E-state index in [1.165, 1.54) is 6.07 Å². The number of carbonyl (C=O) groups is 1. The molecule has 3 rings (SSSR count). The van der Waals surface area contributed by atoms with Gasteiger partial charge in [0.15, 0.2) is 0 Å². The molecule has 3 nitrogen and oxygen atoms in total. The Morgan fingerprint density at radius 3 is 2.43 bits per heavy atom. The number of nitrogens with one attached hydrogen (secondary N) is 1. The number of benzene rings is 2. The molecule has 0 aliphatic carbocycles. The molecule has 1 heterocycles. The average Bonchev–Trinajstić information content (AvgIpc) is 2.93. The first-order chi connectivity index (χ1) is 10.2. The highest BCUT2D eigenvalue weighted by Crippen LogP contribution is 2.27. The van der Waals surface area contributed by atoms with Crippen LogP contribution < -0.4 is 5.32 Å². The SMILES string of the molecule is CCNc1c(F)cccc1C(=O)N1Cc2ccccc2C1. The van der Waals surface area contributed by atoms with Gasteiger partial charge in [-0.05, 0) is 30.2 Å². The third kappa shape index (κ3) is 2.49. The van der Waals surface area contributed by atoms with Gasteiger partial charge in [0, 0.05) is 19.6 Å². The van der Waals surface area contributed by atoms with E-state index in [1.807, 2.05) is 31.2 Å². The highest BCUT2D eigenvalue weighted by atomic mass is 19.1. The van der Waals surface area contributed by atoms with E-state index < -0.39 is 0 Å². The lowest BCUT2D eigenvalue weighted by molar-refractivity contribution is 0.0752. The van der Waals surface area contributed by atoms with Crippen molar-refractivity contribution in [3.8, 4) is 0 Å². The predicted molar refractivity (Wildman–Crippen MR) is 80.6 cm³/mol. The van der Waals surface area contributed by atoms with Crippen LogP contribution in [0.2, 0.25) is 0 Å². The zero-order chi connectivity index (χ0) is 14.8. The summed E-state index contributed by atoms with van der Waals surface area (Å²) in [5.74, 6) is -0.527. The Balaban J connectivity index is 1.89. The smallest absolute Gasteiger partial charge is 0.256 e. The van der Waals surface area contributed by atoms with E-state index in [9.17, 15) is 9.18 Å². The first kappa shape index (κ1) is 13.6. The average molecular weight is 284 g/mol. The van der Waals surface area contributed by atoms with Crippen LogP contribution in [0.4, 0.5) is 10.1 Å². The standard InChI is InChI=1S/C17H17FN2O/c1-2-19-16-14(8-5-9-15(16)18)17(21)20-10-12-6-3-4-7-13(12)11-20/h3-9,19H,2,10-11H2,1H3. The van der Waals surface area contributed by atoms with Crippen LogP contribution in [0, 0.1) is 5.82 Å². The second kappa shape index (κ2) is 5.56. The molecule has 21 heavy (non-hydrogen) atoms. The van der Waals surface area contributed by atoms with Crippen LogP contribution in [0.1, 0.15) is 28.4 Å². The summed E-state index contributed by atoms with van der Waals surface area (Å²) >= 11 is 0. The Kier molecular flexibility index (Phi) is 3.60. The van der Waals surface area contributed by atoms with Crippen molar-refractivity contribution in [3.63, 3.8) is 0 Å². The number of amides is 1. The fourth-order valence-corrected chi connectivity index (χ4v) is 2.71. The third-order valence-electron chi connectivity index (χ3n) is 3.73. The molecule has 0 saturated carbocycles. The molecule has 4 heteroatoms. The summed E-state index contributed by atoms with van der Waals surface area (Å²) < 4.78 is 13.9. The molecule has 1 N–H and O–H groups in total. The quantitative estimate of drug-likeness (QED) is 0.936. The topological polar surface area (TPSA) is 32.3 Å². The van der Waals surface area contributed by atoms with E-state index in [4.69, 9.17) is 0 Å². The number of nitrogens with zero attached hydrogens (tertiary/aromatic N) is 1. The van der Waals surface area contributed by atoms with Gasteiger partial charge in [0.2, 0.25) is 0 Å². The first-order valence-electron chi connectivity index (χ1n) is 7.09. The van der Waals surface area contributed by atoms with Gasteiger partial charge in [0.05, 0.1) is 11.3 Å². The highest BCUT2D eigenvalue weighted by Gasteiger charge is 2.26. The van der Waals surface area contributed by atoms with Gasteiger partial charge in [-0.1, -0.05) is 30.3 Å². The number of hydrogen-bond acceptors (Lipinski definition) is 2. The van der Waals surface area contributed by atoms with Gasteiger partial charge in [0.25, 0.3) is 5.91 Å². The fourth-order valence-electron chi connectivity index (χ4n) is 2.71. The monoisotopic (exact) mass is 284 g/mol. The van der Waals surface area contributed by atoms with Crippen molar-refractivity contribution in [3.05, 3.63) is 65.0 Å². The lowest BCUT2D eigenvalue weighted by Crippen LogP contribution is -2.26. The lowest BCUT2D eigenvalue weighted by atomic mass is 10.1. The van der Waals surface area contributed by atoms with E-state index >= 15 is 0 Å². The van der Waals surface area contributed by atoms with Crippen molar-refractivity contribution < 1.29 is 9.18 Å². The number of hydrogen-bond donors (Lipinski definition) is 1. The van der Waals surface area contributed by atoms with Gasteiger partial charge < -0.3 is 10.2 Å². The summed E-state index contributed by atoms with van der Waals surface area (Å²) in [6.07, 6.45) is 0. The molecule has 1 aliphatic rings. The molecule has 1 aliphatic heterocycles. The largest absolute Gasteiger partial charge is 0.382 e. The third-order valence-corrected chi connectivity index (χ3v) is 3.73. The van der Waals surface area contributed by atoms with Gasteiger partial charge in [-0.3, -0.25) is 4.79 Å². The molecule has 0 spiro atoms. The van der Waals surface area contributed by atoms with E-state index in [0.717, 1.165) is 11.1 Å². The second-order valence-electron chi connectivity index (χ2n) is 5.12.